The van der Waals surface area contributed by atoms with Crippen molar-refractivity contribution in [2.45, 2.75) is 25.8 Å². The first-order valence-electron chi connectivity index (χ1n) is 9.39. The Balaban J connectivity index is 1.58. The minimum atomic E-state index is -0.781. The summed E-state index contributed by atoms with van der Waals surface area (Å²) >= 11 is 0. The minimum Gasteiger partial charge on any atom is -0.494 e. The third kappa shape index (κ3) is 3.37. The van der Waals surface area contributed by atoms with E-state index in [1.165, 1.54) is 11.7 Å². The molecule has 2 amide bonds. The summed E-state index contributed by atoms with van der Waals surface area (Å²) in [6.45, 7) is 2.28. The van der Waals surface area contributed by atoms with Crippen LogP contribution in [0.15, 0.2) is 51.7 Å². The second kappa shape index (κ2) is 7.46. The smallest absolute Gasteiger partial charge is 0.420 e. The lowest BCUT2D eigenvalue weighted by molar-refractivity contribution is -0.119. The van der Waals surface area contributed by atoms with Crippen molar-refractivity contribution in [3.05, 3.63) is 53.0 Å². The molecule has 1 aromatic heterocycles. The van der Waals surface area contributed by atoms with E-state index in [9.17, 15) is 14.4 Å². The van der Waals surface area contributed by atoms with Gasteiger partial charge in [-0.25, -0.2) is 4.79 Å². The Kier molecular flexibility index (Phi) is 4.84. The van der Waals surface area contributed by atoms with Crippen molar-refractivity contribution in [1.82, 2.24) is 4.57 Å². The fourth-order valence-corrected chi connectivity index (χ4v) is 3.60. The molecule has 1 aliphatic rings. The van der Waals surface area contributed by atoms with Crippen molar-refractivity contribution < 1.29 is 18.7 Å². The molecule has 150 valence electrons. The summed E-state index contributed by atoms with van der Waals surface area (Å²) in [5, 5.41) is 2.80. The first kappa shape index (κ1) is 18.8. The SMILES string of the molecule is COc1cc(NC(=O)C(C)n2c(=O)oc3ccccc32)ccc1N1CCCC1=O. The first-order valence-corrected chi connectivity index (χ1v) is 9.39. The van der Waals surface area contributed by atoms with Crippen molar-refractivity contribution in [1.29, 1.82) is 0 Å². The predicted octanol–water partition coefficient (Wildman–Crippen LogP) is 2.93. The third-order valence-electron chi connectivity index (χ3n) is 5.10. The van der Waals surface area contributed by atoms with Crippen LogP contribution in [0.2, 0.25) is 0 Å². The minimum absolute atomic E-state index is 0.0555. The molecule has 4 rings (SSSR count). The molecule has 1 aliphatic heterocycles. The van der Waals surface area contributed by atoms with Gasteiger partial charge in [0.2, 0.25) is 11.8 Å². The molecule has 1 saturated heterocycles. The Labute approximate surface area is 166 Å². The number of carbonyl (C=O) groups excluding carboxylic acids is 2. The Morgan fingerprint density at radius 3 is 2.72 bits per heavy atom. The number of rotatable bonds is 5. The van der Waals surface area contributed by atoms with E-state index in [-0.39, 0.29) is 11.8 Å². The molecule has 0 spiro atoms. The second-order valence-corrected chi connectivity index (χ2v) is 6.91. The van der Waals surface area contributed by atoms with Crippen LogP contribution in [-0.4, -0.2) is 30.0 Å². The molecule has 3 aromatic rings. The van der Waals surface area contributed by atoms with E-state index in [1.807, 2.05) is 0 Å². The van der Waals surface area contributed by atoms with E-state index in [0.717, 1.165) is 6.42 Å². The van der Waals surface area contributed by atoms with Gasteiger partial charge in [-0.15, -0.1) is 0 Å². The van der Waals surface area contributed by atoms with Gasteiger partial charge >= 0.3 is 5.76 Å². The number of anilines is 2. The average molecular weight is 395 g/mol. The Hall–Kier alpha value is -3.55. The number of hydrogen-bond acceptors (Lipinski definition) is 5. The maximum Gasteiger partial charge on any atom is 0.420 e. The van der Waals surface area contributed by atoms with Gasteiger partial charge in [0.1, 0.15) is 11.8 Å². The van der Waals surface area contributed by atoms with Crippen LogP contribution in [-0.2, 0) is 9.59 Å². The fraction of sp³-hybridized carbons (Fsp3) is 0.286. The van der Waals surface area contributed by atoms with Crippen LogP contribution >= 0.6 is 0 Å². The van der Waals surface area contributed by atoms with Gasteiger partial charge < -0.3 is 19.4 Å². The van der Waals surface area contributed by atoms with Gasteiger partial charge in [-0.3, -0.25) is 14.2 Å². The van der Waals surface area contributed by atoms with E-state index in [4.69, 9.17) is 9.15 Å². The average Bonchev–Trinajstić information content (AvgIpc) is 3.29. The Morgan fingerprint density at radius 1 is 1.21 bits per heavy atom. The molecule has 1 unspecified atom stereocenters. The summed E-state index contributed by atoms with van der Waals surface area (Å²) < 4.78 is 12.0. The van der Waals surface area contributed by atoms with Crippen LogP contribution in [0.5, 0.6) is 5.75 Å². The number of hydrogen-bond donors (Lipinski definition) is 1. The van der Waals surface area contributed by atoms with Crippen LogP contribution in [0.25, 0.3) is 11.1 Å². The topological polar surface area (TPSA) is 93.8 Å². The summed E-state index contributed by atoms with van der Waals surface area (Å²) in [5.74, 6) is -0.406. The van der Waals surface area contributed by atoms with Crippen molar-refractivity contribution in [2.24, 2.45) is 0 Å². The number of ether oxygens (including phenoxy) is 1. The number of nitrogens with one attached hydrogen (secondary N) is 1. The maximum absolute atomic E-state index is 12.8. The van der Waals surface area contributed by atoms with Crippen LogP contribution in [0.3, 0.4) is 0 Å². The normalized spacial score (nSPS) is 15.0. The Bertz CT molecular complexity index is 1150. The molecule has 1 atom stereocenters. The van der Waals surface area contributed by atoms with Crippen LogP contribution in [0.4, 0.5) is 11.4 Å². The van der Waals surface area contributed by atoms with Gasteiger partial charge in [0.15, 0.2) is 5.58 Å². The zero-order chi connectivity index (χ0) is 20.5. The summed E-state index contributed by atoms with van der Waals surface area (Å²) in [4.78, 5) is 38.7. The number of carbonyl (C=O) groups is 2. The number of aromatic nitrogens is 1. The lowest BCUT2D eigenvalue weighted by Crippen LogP contribution is -2.29. The molecule has 8 heteroatoms. The summed E-state index contributed by atoms with van der Waals surface area (Å²) in [6.07, 6.45) is 1.33. The Morgan fingerprint density at radius 2 is 2.00 bits per heavy atom. The van der Waals surface area contributed by atoms with Crippen LogP contribution in [0.1, 0.15) is 25.8 Å². The summed E-state index contributed by atoms with van der Waals surface area (Å²) in [5.41, 5.74) is 2.17. The quantitative estimate of drug-likeness (QED) is 0.717. The highest BCUT2D eigenvalue weighted by atomic mass is 16.5. The number of oxazole rings is 1. The molecule has 0 saturated carbocycles. The molecule has 0 radical (unpaired) electrons. The van der Waals surface area contributed by atoms with E-state index in [1.54, 1.807) is 54.3 Å². The second-order valence-electron chi connectivity index (χ2n) is 6.91. The van der Waals surface area contributed by atoms with Gasteiger partial charge in [-0.05, 0) is 37.6 Å². The molecule has 1 fully saturated rings. The number of para-hydroxylation sites is 2. The van der Waals surface area contributed by atoms with Crippen molar-refractivity contribution >= 4 is 34.3 Å². The number of fused-ring (bicyclic) bond motifs is 1. The lowest BCUT2D eigenvalue weighted by Gasteiger charge is -2.20. The molecule has 2 aromatic carbocycles. The standard InChI is InChI=1S/C21H21N3O5/c1-13(24-16-6-3-4-7-17(16)29-21(24)27)20(26)22-14-9-10-15(18(12-14)28-2)23-11-5-8-19(23)25/h3-4,6-7,9-10,12-13H,5,8,11H2,1-2H3,(H,22,26). The van der Waals surface area contributed by atoms with Gasteiger partial charge in [0.25, 0.3) is 0 Å². The van der Waals surface area contributed by atoms with E-state index < -0.39 is 11.8 Å². The fourth-order valence-electron chi connectivity index (χ4n) is 3.60. The molecule has 0 bridgehead atoms. The molecular formula is C21H21N3O5. The van der Waals surface area contributed by atoms with Gasteiger partial charge in [0, 0.05) is 24.7 Å². The lowest BCUT2D eigenvalue weighted by atomic mass is 10.2. The maximum atomic E-state index is 12.8. The largest absolute Gasteiger partial charge is 0.494 e. The van der Waals surface area contributed by atoms with Crippen LogP contribution < -0.4 is 20.7 Å². The highest BCUT2D eigenvalue weighted by molar-refractivity contribution is 5.98. The molecular weight excluding hydrogens is 374 g/mol. The van der Waals surface area contributed by atoms with Crippen molar-refractivity contribution in [3.8, 4) is 5.75 Å². The van der Waals surface area contributed by atoms with E-state index >= 15 is 0 Å². The monoisotopic (exact) mass is 395 g/mol. The van der Waals surface area contributed by atoms with E-state index in [2.05, 4.69) is 5.32 Å². The molecule has 0 aliphatic carbocycles. The molecule has 1 N–H and O–H groups in total. The molecule has 8 nitrogen and oxygen atoms in total. The van der Waals surface area contributed by atoms with Gasteiger partial charge in [0.05, 0.1) is 18.3 Å². The molecule has 2 heterocycles. The van der Waals surface area contributed by atoms with Gasteiger partial charge in [-0.1, -0.05) is 12.1 Å². The molecule has 29 heavy (non-hydrogen) atoms. The first-order chi connectivity index (χ1) is 14.0. The highest BCUT2D eigenvalue weighted by Gasteiger charge is 2.25. The van der Waals surface area contributed by atoms with E-state index in [0.29, 0.717) is 41.2 Å². The van der Waals surface area contributed by atoms with Crippen LogP contribution in [0, 0.1) is 0 Å². The zero-order valence-corrected chi connectivity index (χ0v) is 16.2. The number of nitrogens with zero attached hydrogens (tertiary/aromatic N) is 2. The highest BCUT2D eigenvalue weighted by Crippen LogP contribution is 2.34. The van der Waals surface area contributed by atoms with Crippen molar-refractivity contribution in [2.75, 3.05) is 23.9 Å². The zero-order valence-electron chi connectivity index (χ0n) is 16.2. The predicted molar refractivity (Wildman–Crippen MR) is 108 cm³/mol. The third-order valence-corrected chi connectivity index (χ3v) is 5.10. The number of benzene rings is 2. The van der Waals surface area contributed by atoms with Gasteiger partial charge in [-0.2, -0.15) is 0 Å². The number of amides is 2. The summed E-state index contributed by atoms with van der Waals surface area (Å²) in [7, 11) is 1.52. The summed E-state index contributed by atoms with van der Waals surface area (Å²) in [6, 6.07) is 11.3. The van der Waals surface area contributed by atoms with Crippen molar-refractivity contribution in [3.63, 3.8) is 0 Å². The number of methoxy groups -OCH3 is 1.